The van der Waals surface area contributed by atoms with Gasteiger partial charge in [0, 0.05) is 13.1 Å². The van der Waals surface area contributed by atoms with Gasteiger partial charge in [0.05, 0.1) is 6.61 Å². The lowest BCUT2D eigenvalue weighted by Gasteiger charge is -2.20. The first-order chi connectivity index (χ1) is 7.20. The normalized spacial score (nSPS) is 10.3. The van der Waals surface area contributed by atoms with E-state index in [0.717, 1.165) is 6.42 Å². The maximum Gasteiger partial charge on any atom is 0.366 e. The zero-order chi connectivity index (χ0) is 11.3. The van der Waals surface area contributed by atoms with Crippen LogP contribution >= 0.6 is 0 Å². The Labute approximate surface area is 86.9 Å². The molecule has 0 amide bonds. The lowest BCUT2D eigenvalue weighted by atomic mass is 10.3. The number of aliphatic hydroxyl groups excluding tert-OH is 1. The first-order valence-corrected chi connectivity index (χ1v) is 4.74. The Morgan fingerprint density at radius 3 is 2.93 bits per heavy atom. The van der Waals surface area contributed by atoms with Crippen molar-refractivity contribution in [2.75, 3.05) is 24.6 Å². The second-order valence-corrected chi connectivity index (χ2v) is 3.07. The second kappa shape index (κ2) is 5.30. The Balaban J connectivity index is 2.89. The molecule has 7 nitrogen and oxygen atoms in total. The van der Waals surface area contributed by atoms with E-state index in [1.807, 2.05) is 6.92 Å². The molecule has 0 radical (unpaired) electrons. The number of nitrogens with zero attached hydrogens (tertiary/aromatic N) is 3. The lowest BCUT2D eigenvalue weighted by Crippen LogP contribution is -2.27. The zero-order valence-electron chi connectivity index (χ0n) is 8.51. The van der Waals surface area contributed by atoms with Crippen molar-refractivity contribution in [3.8, 4) is 0 Å². The van der Waals surface area contributed by atoms with Crippen LogP contribution in [-0.4, -0.2) is 39.9 Å². The molecule has 0 aromatic carbocycles. The van der Waals surface area contributed by atoms with Crippen LogP contribution in [0.4, 0.5) is 11.5 Å². The SMILES string of the molecule is CCCN(CCO)c1cn[nH]c1[N+](=O)[O-]. The number of aliphatic hydroxyl groups is 1. The summed E-state index contributed by atoms with van der Waals surface area (Å²) in [4.78, 5) is 11.9. The molecule has 0 saturated heterocycles. The number of hydrogen-bond donors (Lipinski definition) is 2. The number of nitrogens with one attached hydrogen (secondary N) is 1. The number of aromatic amines is 1. The average Bonchev–Trinajstić information content (AvgIpc) is 2.65. The molecule has 7 heteroatoms. The van der Waals surface area contributed by atoms with Crippen LogP contribution in [0.5, 0.6) is 0 Å². The van der Waals surface area contributed by atoms with Crippen molar-refractivity contribution in [2.24, 2.45) is 0 Å². The first kappa shape index (κ1) is 11.4. The molecule has 0 saturated carbocycles. The van der Waals surface area contributed by atoms with Crippen LogP contribution < -0.4 is 4.90 Å². The number of aromatic nitrogens is 2. The van der Waals surface area contributed by atoms with Crippen molar-refractivity contribution < 1.29 is 10.0 Å². The number of rotatable bonds is 6. The molecule has 1 heterocycles. The minimum atomic E-state index is -0.512. The molecule has 1 aromatic heterocycles. The maximum absolute atomic E-state index is 10.6. The number of hydrogen-bond acceptors (Lipinski definition) is 5. The van der Waals surface area contributed by atoms with Crippen molar-refractivity contribution in [3.05, 3.63) is 16.3 Å². The molecule has 0 aliphatic rings. The van der Waals surface area contributed by atoms with Gasteiger partial charge in [-0.25, -0.2) is 0 Å². The summed E-state index contributed by atoms with van der Waals surface area (Å²) in [7, 11) is 0. The summed E-state index contributed by atoms with van der Waals surface area (Å²) in [5.41, 5.74) is 0.427. The lowest BCUT2D eigenvalue weighted by molar-refractivity contribution is -0.388. The molecule has 2 N–H and O–H groups in total. The van der Waals surface area contributed by atoms with Gasteiger partial charge < -0.3 is 20.1 Å². The van der Waals surface area contributed by atoms with Gasteiger partial charge in [0.1, 0.15) is 6.20 Å². The minimum Gasteiger partial charge on any atom is -0.395 e. The summed E-state index contributed by atoms with van der Waals surface area (Å²) in [5.74, 6) is -0.128. The van der Waals surface area contributed by atoms with Crippen LogP contribution in [0.25, 0.3) is 0 Å². The Morgan fingerprint density at radius 1 is 1.67 bits per heavy atom. The van der Waals surface area contributed by atoms with Gasteiger partial charge >= 0.3 is 5.82 Å². The molecular weight excluding hydrogens is 200 g/mol. The van der Waals surface area contributed by atoms with E-state index in [0.29, 0.717) is 18.8 Å². The van der Waals surface area contributed by atoms with Crippen molar-refractivity contribution in [2.45, 2.75) is 13.3 Å². The van der Waals surface area contributed by atoms with Crippen LogP contribution in [0.3, 0.4) is 0 Å². The Hall–Kier alpha value is -1.63. The average molecular weight is 214 g/mol. The van der Waals surface area contributed by atoms with Crippen LogP contribution in [-0.2, 0) is 0 Å². The van der Waals surface area contributed by atoms with Crippen molar-refractivity contribution in [3.63, 3.8) is 0 Å². The largest absolute Gasteiger partial charge is 0.395 e. The van der Waals surface area contributed by atoms with Crippen molar-refractivity contribution in [1.82, 2.24) is 10.2 Å². The Bertz CT molecular complexity index is 319. The predicted molar refractivity (Wildman–Crippen MR) is 54.8 cm³/mol. The first-order valence-electron chi connectivity index (χ1n) is 4.74. The highest BCUT2D eigenvalue weighted by atomic mass is 16.6. The molecule has 0 aliphatic heterocycles. The van der Waals surface area contributed by atoms with E-state index < -0.39 is 4.92 Å². The summed E-state index contributed by atoms with van der Waals surface area (Å²) in [6.45, 7) is 2.95. The van der Waals surface area contributed by atoms with Gasteiger partial charge in [-0.1, -0.05) is 12.0 Å². The summed E-state index contributed by atoms with van der Waals surface area (Å²) in [5, 5.41) is 25.5. The molecule has 15 heavy (non-hydrogen) atoms. The van der Waals surface area contributed by atoms with Gasteiger partial charge in [-0.2, -0.15) is 0 Å². The third-order valence-electron chi connectivity index (χ3n) is 1.99. The standard InChI is InChI=1S/C8H14N4O3/c1-2-3-11(4-5-13)7-6-9-10-8(7)12(14)15/h6,13H,2-5H2,1H3,(H,9,10). The fourth-order valence-corrected chi connectivity index (χ4v) is 1.38. The van der Waals surface area contributed by atoms with Crippen molar-refractivity contribution in [1.29, 1.82) is 0 Å². The van der Waals surface area contributed by atoms with Crippen LogP contribution in [0.2, 0.25) is 0 Å². The molecule has 0 atom stereocenters. The molecule has 0 aliphatic carbocycles. The number of H-pyrrole nitrogens is 1. The quantitative estimate of drug-likeness (QED) is 0.532. The molecule has 0 spiro atoms. The topological polar surface area (TPSA) is 95.3 Å². The van der Waals surface area contributed by atoms with Crippen molar-refractivity contribution >= 4 is 11.5 Å². The second-order valence-electron chi connectivity index (χ2n) is 3.07. The third kappa shape index (κ3) is 2.66. The molecule has 84 valence electrons. The van der Waals surface area contributed by atoms with Crippen LogP contribution in [0.15, 0.2) is 6.20 Å². The minimum absolute atomic E-state index is 0.0394. The van der Waals surface area contributed by atoms with Crippen LogP contribution in [0, 0.1) is 10.1 Å². The third-order valence-corrected chi connectivity index (χ3v) is 1.99. The van der Waals surface area contributed by atoms with Gasteiger partial charge in [0.2, 0.25) is 0 Å². The highest BCUT2D eigenvalue weighted by molar-refractivity contribution is 5.57. The van der Waals surface area contributed by atoms with Gasteiger partial charge in [-0.15, -0.1) is 5.10 Å². The van der Waals surface area contributed by atoms with E-state index in [-0.39, 0.29) is 12.4 Å². The molecule has 0 bridgehead atoms. The van der Waals surface area contributed by atoms with E-state index in [1.165, 1.54) is 6.20 Å². The van der Waals surface area contributed by atoms with Gasteiger partial charge in [0.15, 0.2) is 5.69 Å². The maximum atomic E-state index is 10.6. The van der Waals surface area contributed by atoms with Gasteiger partial charge in [-0.3, -0.25) is 0 Å². The monoisotopic (exact) mass is 214 g/mol. The summed E-state index contributed by atoms with van der Waals surface area (Å²) in [6, 6.07) is 0. The summed E-state index contributed by atoms with van der Waals surface area (Å²) < 4.78 is 0. The fourth-order valence-electron chi connectivity index (χ4n) is 1.38. The Morgan fingerprint density at radius 2 is 2.40 bits per heavy atom. The predicted octanol–water partition coefficient (Wildman–Crippen LogP) is 0.527. The highest BCUT2D eigenvalue weighted by Crippen LogP contribution is 2.24. The molecule has 1 rings (SSSR count). The van der Waals surface area contributed by atoms with E-state index in [4.69, 9.17) is 5.11 Å². The Kier molecular flexibility index (Phi) is 4.04. The fraction of sp³-hybridized carbons (Fsp3) is 0.625. The molecular formula is C8H14N4O3. The molecule has 0 unspecified atom stereocenters. The highest BCUT2D eigenvalue weighted by Gasteiger charge is 2.19. The summed E-state index contributed by atoms with van der Waals surface area (Å²) in [6.07, 6.45) is 2.26. The van der Waals surface area contributed by atoms with E-state index in [2.05, 4.69) is 10.2 Å². The molecule has 0 fully saturated rings. The van der Waals surface area contributed by atoms with Gasteiger partial charge in [-0.05, 0) is 11.3 Å². The number of anilines is 1. The van der Waals surface area contributed by atoms with Crippen LogP contribution in [0.1, 0.15) is 13.3 Å². The van der Waals surface area contributed by atoms with E-state index in [1.54, 1.807) is 4.90 Å². The molecule has 1 aromatic rings. The van der Waals surface area contributed by atoms with E-state index in [9.17, 15) is 10.1 Å². The number of nitro groups is 1. The zero-order valence-corrected chi connectivity index (χ0v) is 8.51. The van der Waals surface area contributed by atoms with Gasteiger partial charge in [0.25, 0.3) is 0 Å². The van der Waals surface area contributed by atoms with E-state index >= 15 is 0 Å². The smallest absolute Gasteiger partial charge is 0.366 e. The summed E-state index contributed by atoms with van der Waals surface area (Å²) >= 11 is 0.